The molecule has 0 atom stereocenters. The number of nitrogens with one attached hydrogen (secondary N) is 2. The van der Waals surface area contributed by atoms with Crippen LogP contribution in [-0.4, -0.2) is 35.5 Å². The Morgan fingerprint density at radius 2 is 1.52 bits per heavy atom. The molecule has 2 aromatic carbocycles. The Morgan fingerprint density at radius 1 is 0.966 bits per heavy atom. The summed E-state index contributed by atoms with van der Waals surface area (Å²) in [6, 6.07) is 18.6. The molecule has 0 bridgehead atoms. The van der Waals surface area contributed by atoms with Crippen LogP contribution in [0.15, 0.2) is 60.7 Å². The molecular formula is C24H31N3O2. The van der Waals surface area contributed by atoms with Crippen molar-refractivity contribution in [3.8, 4) is 0 Å². The summed E-state index contributed by atoms with van der Waals surface area (Å²) in [6.07, 6.45) is 3.35. The fourth-order valence-electron chi connectivity index (χ4n) is 3.93. The summed E-state index contributed by atoms with van der Waals surface area (Å²) in [5.74, 6) is -0.229. The average Bonchev–Trinajstić information content (AvgIpc) is 2.99. The normalized spacial score (nSPS) is 16.2. The number of carbonyl (C=O) groups excluding carboxylic acids is 2. The summed E-state index contributed by atoms with van der Waals surface area (Å²) in [6.45, 7) is 7.40. The Hall–Kier alpha value is -2.66. The number of hydrogen-bond donors (Lipinski definition) is 2. The molecule has 1 fully saturated rings. The number of rotatable bonds is 9. The molecule has 29 heavy (non-hydrogen) atoms. The van der Waals surface area contributed by atoms with Crippen molar-refractivity contribution in [3.05, 3.63) is 71.8 Å². The van der Waals surface area contributed by atoms with Crippen LogP contribution in [0.3, 0.4) is 0 Å². The lowest BCUT2D eigenvalue weighted by molar-refractivity contribution is -0.130. The van der Waals surface area contributed by atoms with Gasteiger partial charge in [0, 0.05) is 18.6 Å². The van der Waals surface area contributed by atoms with E-state index in [9.17, 15) is 9.59 Å². The number of nitrogens with zero attached hydrogens (tertiary/aromatic N) is 1. The molecule has 2 aromatic rings. The number of amides is 3. The predicted molar refractivity (Wildman–Crippen MR) is 116 cm³/mol. The lowest BCUT2D eigenvalue weighted by Gasteiger charge is -2.29. The minimum atomic E-state index is -1.18. The van der Waals surface area contributed by atoms with Crippen molar-refractivity contribution in [3.63, 3.8) is 0 Å². The molecule has 5 nitrogen and oxygen atoms in total. The third-order valence-corrected chi connectivity index (χ3v) is 5.61. The van der Waals surface area contributed by atoms with Crippen LogP contribution in [0.2, 0.25) is 0 Å². The first-order valence-electron chi connectivity index (χ1n) is 10.4. The summed E-state index contributed by atoms with van der Waals surface area (Å²) in [5, 5.41) is 6.49. The topological polar surface area (TPSA) is 61.4 Å². The van der Waals surface area contributed by atoms with Gasteiger partial charge in [-0.2, -0.15) is 0 Å². The fourth-order valence-corrected chi connectivity index (χ4v) is 3.93. The highest BCUT2D eigenvalue weighted by Gasteiger charge is 2.53. The van der Waals surface area contributed by atoms with E-state index in [0.29, 0.717) is 13.1 Å². The second kappa shape index (κ2) is 8.78. The molecule has 2 N–H and O–H groups in total. The Kier molecular flexibility index (Phi) is 6.38. The van der Waals surface area contributed by atoms with E-state index in [0.717, 1.165) is 30.4 Å². The largest absolute Gasteiger partial charge is 0.325 e. The standard InChI is InChI=1S/C24H31N3O2/c1-4-5-16-23(2,3)25-17-18-27-21(28)24(26-22(27)29,19-12-8-6-9-13-19)20-14-10-7-11-15-20/h6-15,25H,4-5,16-18H2,1-3H3,(H,26,29). The van der Waals surface area contributed by atoms with E-state index in [2.05, 4.69) is 31.4 Å². The van der Waals surface area contributed by atoms with Gasteiger partial charge in [0.15, 0.2) is 5.54 Å². The maximum absolute atomic E-state index is 13.6. The lowest BCUT2D eigenvalue weighted by atomic mass is 9.82. The van der Waals surface area contributed by atoms with Crippen LogP contribution in [-0.2, 0) is 10.3 Å². The summed E-state index contributed by atoms with van der Waals surface area (Å²) in [5.41, 5.74) is 0.328. The van der Waals surface area contributed by atoms with Gasteiger partial charge in [-0.05, 0) is 31.4 Å². The van der Waals surface area contributed by atoms with Crippen LogP contribution in [0.25, 0.3) is 0 Å². The van der Waals surface area contributed by atoms with E-state index in [1.54, 1.807) is 0 Å². The molecule has 1 saturated heterocycles. The highest BCUT2D eigenvalue weighted by molar-refractivity contribution is 6.09. The van der Waals surface area contributed by atoms with Gasteiger partial charge in [-0.1, -0.05) is 80.4 Å². The van der Waals surface area contributed by atoms with E-state index in [-0.39, 0.29) is 17.5 Å². The van der Waals surface area contributed by atoms with Crippen LogP contribution in [0.4, 0.5) is 4.79 Å². The summed E-state index contributed by atoms with van der Waals surface area (Å²) < 4.78 is 0. The number of benzene rings is 2. The zero-order valence-corrected chi connectivity index (χ0v) is 17.6. The third kappa shape index (κ3) is 4.35. The monoisotopic (exact) mass is 393 g/mol. The molecule has 0 spiro atoms. The highest BCUT2D eigenvalue weighted by Crippen LogP contribution is 2.35. The molecular weight excluding hydrogens is 362 g/mol. The van der Waals surface area contributed by atoms with Crippen LogP contribution in [0.5, 0.6) is 0 Å². The first-order valence-corrected chi connectivity index (χ1v) is 10.4. The first-order chi connectivity index (χ1) is 13.9. The van der Waals surface area contributed by atoms with E-state index < -0.39 is 5.54 Å². The van der Waals surface area contributed by atoms with Crippen molar-refractivity contribution in [2.45, 2.75) is 51.1 Å². The predicted octanol–water partition coefficient (Wildman–Crippen LogP) is 4.04. The van der Waals surface area contributed by atoms with Gasteiger partial charge in [-0.3, -0.25) is 9.69 Å². The molecule has 0 radical (unpaired) electrons. The molecule has 0 aromatic heterocycles. The maximum atomic E-state index is 13.6. The Labute approximate surface area is 173 Å². The second-order valence-electron chi connectivity index (χ2n) is 8.28. The van der Waals surface area contributed by atoms with Crippen LogP contribution < -0.4 is 10.6 Å². The minimum Gasteiger partial charge on any atom is -0.315 e. The Bertz CT molecular complexity index is 794. The van der Waals surface area contributed by atoms with Crippen molar-refractivity contribution < 1.29 is 9.59 Å². The Morgan fingerprint density at radius 3 is 2.03 bits per heavy atom. The SMILES string of the molecule is CCCCC(C)(C)NCCN1C(=O)NC(c2ccccc2)(c2ccccc2)C1=O. The first kappa shape index (κ1) is 21.1. The number of hydrogen-bond acceptors (Lipinski definition) is 3. The van der Waals surface area contributed by atoms with Crippen molar-refractivity contribution in [2.75, 3.05) is 13.1 Å². The summed E-state index contributed by atoms with van der Waals surface area (Å²) >= 11 is 0. The van der Waals surface area contributed by atoms with Gasteiger partial charge in [-0.25, -0.2) is 4.79 Å². The molecule has 154 valence electrons. The minimum absolute atomic E-state index is 0.0226. The molecule has 3 amide bonds. The van der Waals surface area contributed by atoms with E-state index >= 15 is 0 Å². The molecule has 1 aliphatic rings. The van der Waals surface area contributed by atoms with Gasteiger partial charge in [0.05, 0.1) is 0 Å². The van der Waals surface area contributed by atoms with Gasteiger partial charge in [0.2, 0.25) is 0 Å². The summed E-state index contributed by atoms with van der Waals surface area (Å²) in [7, 11) is 0. The molecule has 0 aliphatic carbocycles. The van der Waals surface area contributed by atoms with Crippen molar-refractivity contribution in [1.82, 2.24) is 15.5 Å². The fraction of sp³-hybridized carbons (Fsp3) is 0.417. The Balaban J connectivity index is 1.83. The van der Waals surface area contributed by atoms with Gasteiger partial charge in [0.25, 0.3) is 5.91 Å². The number of urea groups is 1. The summed E-state index contributed by atoms with van der Waals surface area (Å²) in [4.78, 5) is 27.8. The van der Waals surface area contributed by atoms with Crippen LogP contribution in [0.1, 0.15) is 51.2 Å². The van der Waals surface area contributed by atoms with Crippen molar-refractivity contribution in [1.29, 1.82) is 0 Å². The zero-order chi connectivity index (χ0) is 20.9. The van der Waals surface area contributed by atoms with Crippen molar-refractivity contribution >= 4 is 11.9 Å². The van der Waals surface area contributed by atoms with E-state index in [1.807, 2.05) is 60.7 Å². The number of carbonyl (C=O) groups is 2. The molecule has 0 unspecified atom stereocenters. The molecule has 3 rings (SSSR count). The highest BCUT2D eigenvalue weighted by atomic mass is 16.2. The smallest absolute Gasteiger partial charge is 0.315 e. The molecule has 5 heteroatoms. The van der Waals surface area contributed by atoms with E-state index in [4.69, 9.17) is 0 Å². The van der Waals surface area contributed by atoms with Crippen LogP contribution in [0, 0.1) is 0 Å². The zero-order valence-electron chi connectivity index (χ0n) is 17.6. The lowest BCUT2D eigenvalue weighted by Crippen LogP contribution is -2.47. The molecule has 0 saturated carbocycles. The van der Waals surface area contributed by atoms with Gasteiger partial charge in [0.1, 0.15) is 0 Å². The van der Waals surface area contributed by atoms with Gasteiger partial charge >= 0.3 is 6.03 Å². The third-order valence-electron chi connectivity index (χ3n) is 5.61. The van der Waals surface area contributed by atoms with Gasteiger partial charge in [-0.15, -0.1) is 0 Å². The number of unbranched alkanes of at least 4 members (excludes halogenated alkanes) is 1. The maximum Gasteiger partial charge on any atom is 0.325 e. The van der Waals surface area contributed by atoms with E-state index in [1.165, 1.54) is 4.90 Å². The number of imide groups is 1. The second-order valence-corrected chi connectivity index (χ2v) is 8.28. The van der Waals surface area contributed by atoms with Crippen molar-refractivity contribution in [2.24, 2.45) is 0 Å². The molecule has 1 aliphatic heterocycles. The molecule has 1 heterocycles. The average molecular weight is 394 g/mol. The quantitative estimate of drug-likeness (QED) is 0.632. The van der Waals surface area contributed by atoms with Crippen LogP contribution >= 0.6 is 0 Å². The van der Waals surface area contributed by atoms with Gasteiger partial charge < -0.3 is 10.6 Å².